The van der Waals surface area contributed by atoms with Crippen molar-refractivity contribution in [2.75, 3.05) is 5.75 Å². The number of rotatable bonds is 4. The van der Waals surface area contributed by atoms with Crippen LogP contribution in [0.2, 0.25) is 0 Å². The van der Waals surface area contributed by atoms with Crippen molar-refractivity contribution in [1.82, 2.24) is 0 Å². The predicted molar refractivity (Wildman–Crippen MR) is 99.1 cm³/mol. The summed E-state index contributed by atoms with van der Waals surface area (Å²) >= 11 is 2.79. The van der Waals surface area contributed by atoms with Crippen molar-refractivity contribution in [2.24, 2.45) is 4.99 Å². The van der Waals surface area contributed by atoms with Gasteiger partial charge in [0, 0.05) is 0 Å². The van der Waals surface area contributed by atoms with Gasteiger partial charge in [-0.15, -0.1) is 0 Å². The fraction of sp³-hybridized carbons (Fsp3) is 0.111. The first-order valence-corrected chi connectivity index (χ1v) is 9.03. The van der Waals surface area contributed by atoms with Crippen LogP contribution in [0.3, 0.4) is 0 Å². The molecule has 3 nitrogen and oxygen atoms in total. The van der Waals surface area contributed by atoms with Crippen LogP contribution in [0.15, 0.2) is 65.3 Å². The molecule has 1 aliphatic heterocycles. The minimum absolute atomic E-state index is 0.00432. The lowest BCUT2D eigenvalue weighted by Crippen LogP contribution is -1.89. The summed E-state index contributed by atoms with van der Waals surface area (Å²) in [5.74, 6) is 2.42. The van der Waals surface area contributed by atoms with Gasteiger partial charge in [-0.25, -0.2) is 4.99 Å². The molecular formula is C18H15NO2S2. The lowest BCUT2D eigenvalue weighted by Gasteiger charge is -2.06. The Balaban J connectivity index is 1.80. The van der Waals surface area contributed by atoms with E-state index in [2.05, 4.69) is 4.99 Å². The molecule has 0 bridgehead atoms. The number of hydrogen-bond donors (Lipinski definition) is 0. The summed E-state index contributed by atoms with van der Waals surface area (Å²) < 4.78 is 6.63. The van der Waals surface area contributed by atoms with Gasteiger partial charge in [0.25, 0.3) is 0 Å². The van der Waals surface area contributed by atoms with Gasteiger partial charge in [-0.3, -0.25) is 4.79 Å². The molecule has 0 aliphatic carbocycles. The molecule has 0 amide bonds. The summed E-state index contributed by atoms with van der Waals surface area (Å²) in [5.41, 5.74) is 1.39. The van der Waals surface area contributed by atoms with Gasteiger partial charge in [0.2, 0.25) is 5.12 Å². The van der Waals surface area contributed by atoms with E-state index in [1.54, 1.807) is 17.8 Å². The third-order valence-corrected chi connectivity index (χ3v) is 4.90. The molecule has 1 aliphatic rings. The van der Waals surface area contributed by atoms with E-state index in [-0.39, 0.29) is 5.12 Å². The molecule has 0 aromatic heterocycles. The maximum absolute atomic E-state index is 12.0. The summed E-state index contributed by atoms with van der Waals surface area (Å²) in [6, 6.07) is 17.2. The maximum Gasteiger partial charge on any atom is 0.244 e. The van der Waals surface area contributed by atoms with E-state index in [1.807, 2.05) is 61.5 Å². The summed E-state index contributed by atoms with van der Waals surface area (Å²) in [7, 11) is 0. The van der Waals surface area contributed by atoms with Crippen molar-refractivity contribution in [3.05, 3.63) is 65.9 Å². The minimum Gasteiger partial charge on any atom is -0.457 e. The standard InChI is InChI=1S/C18H15NO2S2/c1-2-22-18-19-16(17(20)23-18)12-13-7-6-10-15(11-13)21-14-8-4-3-5-9-14/h3-12H,2H2,1H3/b16-12-. The average molecular weight is 341 g/mol. The lowest BCUT2D eigenvalue weighted by atomic mass is 10.2. The molecule has 23 heavy (non-hydrogen) atoms. The van der Waals surface area contributed by atoms with Crippen LogP contribution in [0.25, 0.3) is 6.08 Å². The summed E-state index contributed by atoms with van der Waals surface area (Å²) in [6.07, 6.45) is 1.80. The number of benzene rings is 2. The summed E-state index contributed by atoms with van der Waals surface area (Å²) in [5, 5.41) is -0.00432. The van der Waals surface area contributed by atoms with E-state index in [1.165, 1.54) is 11.8 Å². The molecule has 0 spiro atoms. The van der Waals surface area contributed by atoms with Gasteiger partial charge in [0.05, 0.1) is 0 Å². The maximum atomic E-state index is 12.0. The SMILES string of the molecule is CCSC1=N/C(=C\c2cccc(Oc3ccccc3)c2)C(=O)S1. The molecule has 5 heteroatoms. The molecule has 0 fully saturated rings. The number of para-hydroxylation sites is 1. The number of nitrogens with zero attached hydrogens (tertiary/aromatic N) is 1. The number of thioether (sulfide) groups is 2. The Morgan fingerprint density at radius 2 is 1.91 bits per heavy atom. The molecule has 0 atom stereocenters. The second-order valence-electron chi connectivity index (χ2n) is 4.72. The first-order valence-electron chi connectivity index (χ1n) is 7.23. The molecule has 0 N–H and O–H groups in total. The highest BCUT2D eigenvalue weighted by Crippen LogP contribution is 2.31. The third kappa shape index (κ3) is 4.27. The van der Waals surface area contributed by atoms with Gasteiger partial charge in [0.1, 0.15) is 21.6 Å². The molecule has 0 saturated carbocycles. The fourth-order valence-electron chi connectivity index (χ4n) is 2.03. The molecule has 116 valence electrons. The number of carbonyl (C=O) groups is 1. The largest absolute Gasteiger partial charge is 0.457 e. The molecule has 2 aromatic rings. The third-order valence-electron chi connectivity index (χ3n) is 3.01. The molecule has 2 aromatic carbocycles. The van der Waals surface area contributed by atoms with Gasteiger partial charge in [-0.05, 0) is 53.4 Å². The van der Waals surface area contributed by atoms with Gasteiger partial charge >= 0.3 is 0 Å². The van der Waals surface area contributed by atoms with Crippen LogP contribution < -0.4 is 4.74 Å². The van der Waals surface area contributed by atoms with Crippen LogP contribution in [0.5, 0.6) is 11.5 Å². The molecular weight excluding hydrogens is 326 g/mol. The number of ether oxygens (including phenoxy) is 1. The van der Waals surface area contributed by atoms with Gasteiger partial charge in [-0.2, -0.15) is 0 Å². The fourth-order valence-corrected chi connectivity index (χ4v) is 3.76. The zero-order chi connectivity index (χ0) is 16.1. The van der Waals surface area contributed by atoms with Gasteiger partial charge in [-0.1, -0.05) is 49.0 Å². The van der Waals surface area contributed by atoms with Gasteiger partial charge < -0.3 is 4.74 Å². The topological polar surface area (TPSA) is 38.7 Å². The summed E-state index contributed by atoms with van der Waals surface area (Å²) in [4.78, 5) is 16.4. The zero-order valence-electron chi connectivity index (χ0n) is 12.6. The Morgan fingerprint density at radius 3 is 2.70 bits per heavy atom. The highest BCUT2D eigenvalue weighted by atomic mass is 32.2. The first kappa shape index (κ1) is 15.9. The van der Waals surface area contributed by atoms with E-state index < -0.39 is 0 Å². The second-order valence-corrected chi connectivity index (χ2v) is 7.19. The van der Waals surface area contributed by atoms with Crippen molar-refractivity contribution in [1.29, 1.82) is 0 Å². The van der Waals surface area contributed by atoms with Crippen LogP contribution >= 0.6 is 23.5 Å². The smallest absolute Gasteiger partial charge is 0.244 e. The van der Waals surface area contributed by atoms with E-state index in [9.17, 15) is 4.79 Å². The van der Waals surface area contributed by atoms with E-state index in [0.29, 0.717) is 5.70 Å². The zero-order valence-corrected chi connectivity index (χ0v) is 14.2. The van der Waals surface area contributed by atoms with Gasteiger partial charge in [0.15, 0.2) is 0 Å². The van der Waals surface area contributed by atoms with E-state index >= 15 is 0 Å². The second kappa shape index (κ2) is 7.53. The van der Waals surface area contributed by atoms with Crippen LogP contribution in [-0.2, 0) is 4.79 Å². The van der Waals surface area contributed by atoms with Crippen molar-refractivity contribution >= 4 is 39.1 Å². The summed E-state index contributed by atoms with van der Waals surface area (Å²) in [6.45, 7) is 2.05. The molecule has 3 rings (SSSR count). The van der Waals surface area contributed by atoms with Crippen LogP contribution in [0, 0.1) is 0 Å². The Bertz CT molecular complexity index is 770. The first-order chi connectivity index (χ1) is 11.2. The Morgan fingerprint density at radius 1 is 1.13 bits per heavy atom. The van der Waals surface area contributed by atoms with Crippen molar-refractivity contribution in [3.8, 4) is 11.5 Å². The highest BCUT2D eigenvalue weighted by molar-refractivity contribution is 8.45. The number of carbonyl (C=O) groups excluding carboxylic acids is 1. The van der Waals surface area contributed by atoms with Crippen LogP contribution in [0.4, 0.5) is 0 Å². The number of aliphatic imine (C=N–C) groups is 1. The van der Waals surface area contributed by atoms with Crippen molar-refractivity contribution in [2.45, 2.75) is 6.92 Å². The number of hydrogen-bond acceptors (Lipinski definition) is 5. The normalized spacial score (nSPS) is 15.8. The molecule has 0 saturated heterocycles. The van der Waals surface area contributed by atoms with Crippen molar-refractivity contribution < 1.29 is 9.53 Å². The predicted octanol–water partition coefficient (Wildman–Crippen LogP) is 5.20. The minimum atomic E-state index is -0.00432. The monoisotopic (exact) mass is 341 g/mol. The lowest BCUT2D eigenvalue weighted by molar-refractivity contribution is -0.107. The van der Waals surface area contributed by atoms with E-state index in [0.717, 1.165) is 27.2 Å². The van der Waals surface area contributed by atoms with Crippen LogP contribution in [-0.4, -0.2) is 15.2 Å². The molecule has 1 heterocycles. The quantitative estimate of drug-likeness (QED) is 0.716. The van der Waals surface area contributed by atoms with E-state index in [4.69, 9.17) is 4.74 Å². The van der Waals surface area contributed by atoms with Crippen molar-refractivity contribution in [3.63, 3.8) is 0 Å². The Hall–Kier alpha value is -1.98. The molecule has 0 unspecified atom stereocenters. The van der Waals surface area contributed by atoms with Crippen LogP contribution in [0.1, 0.15) is 12.5 Å². The Kier molecular flexibility index (Phi) is 5.20. The Labute approximate surface area is 143 Å². The molecule has 0 radical (unpaired) electrons. The highest BCUT2D eigenvalue weighted by Gasteiger charge is 2.21. The average Bonchev–Trinajstić information content (AvgIpc) is 2.89.